The molecular formula is C12H19K. The molecule has 1 aliphatic rings. The minimum absolute atomic E-state index is 0.447. The van der Waals surface area contributed by atoms with Gasteiger partial charge in [0, 0.05) is 0 Å². The molecule has 1 heteroatoms. The minimum atomic E-state index is 0.447. The third kappa shape index (κ3) is 1.91. The van der Waals surface area contributed by atoms with Gasteiger partial charge in [0.2, 0.25) is 0 Å². The van der Waals surface area contributed by atoms with E-state index in [4.69, 9.17) is 0 Å². The molecule has 13 heavy (non-hydrogen) atoms. The maximum absolute atomic E-state index is 2.44. The van der Waals surface area contributed by atoms with Crippen molar-refractivity contribution in [1.82, 2.24) is 0 Å². The first-order valence-corrected chi connectivity index (χ1v) is 6.87. The maximum atomic E-state index is 2.44. The molecule has 1 rings (SSSR count). The van der Waals surface area contributed by atoms with Crippen LogP contribution >= 0.6 is 0 Å². The van der Waals surface area contributed by atoms with Gasteiger partial charge in [-0.1, -0.05) is 0 Å². The molecule has 0 bridgehead atoms. The first-order valence-electron chi connectivity index (χ1n) is 5.31. The second-order valence-electron chi connectivity index (χ2n) is 4.58. The SMILES string of the molecule is CCCC1(C)C(C)=C(C)C(C)=[C]1[K]. The number of hydrogen-bond acceptors (Lipinski definition) is 0. The van der Waals surface area contributed by atoms with E-state index in [1.165, 1.54) is 12.8 Å². The molecule has 0 aromatic carbocycles. The molecule has 0 aliphatic heterocycles. The molecule has 0 fully saturated rings. The topological polar surface area (TPSA) is 0 Å². The van der Waals surface area contributed by atoms with Crippen LogP contribution in [0.15, 0.2) is 16.4 Å². The third-order valence-electron chi connectivity index (χ3n) is 4.09. The summed E-state index contributed by atoms with van der Waals surface area (Å²) in [5, 5.41) is 0. The van der Waals surface area contributed by atoms with Crippen molar-refractivity contribution >= 4 is 49.0 Å². The predicted octanol–water partition coefficient (Wildman–Crippen LogP) is 3.59. The standard InChI is InChI=1S/C12H19.K/c1-6-7-12(5)8-9(2)10(3)11(12)4;/h6-7H2,1-5H3;. The summed E-state index contributed by atoms with van der Waals surface area (Å²) in [7, 11) is 0. The van der Waals surface area contributed by atoms with Crippen LogP contribution in [0, 0.1) is 5.41 Å². The van der Waals surface area contributed by atoms with Crippen LogP contribution in [0.5, 0.6) is 0 Å². The fourth-order valence-corrected chi connectivity index (χ4v) is 4.11. The summed E-state index contributed by atoms with van der Waals surface area (Å²) >= 11 is 0.847. The summed E-state index contributed by atoms with van der Waals surface area (Å²) in [4.78, 5) is 0. The van der Waals surface area contributed by atoms with Crippen molar-refractivity contribution in [3.05, 3.63) is 16.4 Å². The van der Waals surface area contributed by atoms with Gasteiger partial charge in [0.05, 0.1) is 0 Å². The van der Waals surface area contributed by atoms with Gasteiger partial charge in [0.25, 0.3) is 0 Å². The quantitative estimate of drug-likeness (QED) is 0.600. The Morgan fingerprint density at radius 3 is 2.00 bits per heavy atom. The van der Waals surface area contributed by atoms with Gasteiger partial charge >= 0.3 is 118 Å². The van der Waals surface area contributed by atoms with E-state index in [2.05, 4.69) is 34.6 Å². The van der Waals surface area contributed by atoms with Gasteiger partial charge in [-0.2, -0.15) is 0 Å². The molecule has 0 aromatic heterocycles. The van der Waals surface area contributed by atoms with E-state index in [9.17, 15) is 0 Å². The number of hydrogen-bond donors (Lipinski definition) is 0. The van der Waals surface area contributed by atoms with Gasteiger partial charge in [0.1, 0.15) is 0 Å². The predicted molar refractivity (Wildman–Crippen MR) is 59.8 cm³/mol. The Morgan fingerprint density at radius 1 is 1.15 bits per heavy atom. The molecule has 0 saturated carbocycles. The van der Waals surface area contributed by atoms with Gasteiger partial charge < -0.3 is 0 Å². The normalized spacial score (nSPS) is 29.2. The van der Waals surface area contributed by atoms with E-state index in [1.807, 2.05) is 0 Å². The average Bonchev–Trinajstić information content (AvgIpc) is 2.23. The van der Waals surface area contributed by atoms with Crippen LogP contribution < -0.4 is 0 Å². The molecule has 0 nitrogen and oxygen atoms in total. The van der Waals surface area contributed by atoms with Crippen molar-refractivity contribution < 1.29 is 0 Å². The summed E-state index contributed by atoms with van der Waals surface area (Å²) in [6, 6.07) is 0. The Bertz CT molecular complexity index is 257. The van der Waals surface area contributed by atoms with E-state index >= 15 is 0 Å². The van der Waals surface area contributed by atoms with Crippen molar-refractivity contribution in [3.63, 3.8) is 0 Å². The zero-order valence-electron chi connectivity index (χ0n) is 9.91. The fourth-order valence-electron chi connectivity index (χ4n) is 2.55. The summed E-state index contributed by atoms with van der Waals surface area (Å²) in [5.41, 5.74) is 5.26. The Labute approximate surface area is 116 Å². The Kier molecular flexibility index (Phi) is 4.05. The summed E-state index contributed by atoms with van der Waals surface area (Å²) in [6.07, 6.45) is 2.64. The van der Waals surface area contributed by atoms with E-state index < -0.39 is 0 Å². The van der Waals surface area contributed by atoms with Gasteiger partial charge in [-0.15, -0.1) is 0 Å². The molecular weight excluding hydrogens is 183 g/mol. The van der Waals surface area contributed by atoms with Crippen LogP contribution in [0.1, 0.15) is 47.5 Å². The van der Waals surface area contributed by atoms with E-state index in [-0.39, 0.29) is 0 Å². The van der Waals surface area contributed by atoms with Crippen LogP contribution in [0.4, 0.5) is 0 Å². The van der Waals surface area contributed by atoms with E-state index in [0.29, 0.717) is 5.41 Å². The molecule has 0 spiro atoms. The molecule has 0 amide bonds. The number of allylic oxidation sites excluding steroid dienone is 4. The van der Waals surface area contributed by atoms with Crippen LogP contribution in [0.3, 0.4) is 0 Å². The molecule has 1 unspecified atom stereocenters. The first-order chi connectivity index (χ1) is 5.95. The fraction of sp³-hybridized carbons (Fsp3) is 0.667. The van der Waals surface area contributed by atoms with Crippen LogP contribution in [0.25, 0.3) is 0 Å². The first kappa shape index (κ1) is 12.2. The summed E-state index contributed by atoms with van der Waals surface area (Å²) in [6.45, 7) is 11.7. The Balaban J connectivity index is 3.14. The number of rotatable bonds is 2. The molecule has 0 N–H and O–H groups in total. The summed E-state index contributed by atoms with van der Waals surface area (Å²) < 4.78 is 1.77. The Hall–Kier alpha value is 1.12. The molecule has 68 valence electrons. The van der Waals surface area contributed by atoms with Crippen LogP contribution in [-0.4, -0.2) is 49.0 Å². The second-order valence-corrected chi connectivity index (χ2v) is 6.14. The molecule has 0 saturated heterocycles. The molecule has 0 aromatic rings. The second kappa shape index (κ2) is 4.32. The monoisotopic (exact) mass is 202 g/mol. The zero-order chi connectivity index (χ0) is 10.2. The third-order valence-corrected chi connectivity index (χ3v) is 6.99. The van der Waals surface area contributed by atoms with Crippen LogP contribution in [0.2, 0.25) is 0 Å². The Morgan fingerprint density at radius 2 is 1.69 bits per heavy atom. The molecule has 1 atom stereocenters. The van der Waals surface area contributed by atoms with Gasteiger partial charge in [0.15, 0.2) is 0 Å². The van der Waals surface area contributed by atoms with Crippen molar-refractivity contribution in [2.24, 2.45) is 5.41 Å². The van der Waals surface area contributed by atoms with Gasteiger partial charge in [-0.05, 0) is 0 Å². The van der Waals surface area contributed by atoms with Gasteiger partial charge in [-0.3, -0.25) is 0 Å². The molecule has 0 heterocycles. The molecule has 1 aliphatic carbocycles. The van der Waals surface area contributed by atoms with Gasteiger partial charge in [-0.25, -0.2) is 0 Å². The zero-order valence-corrected chi connectivity index (χ0v) is 13.0. The van der Waals surface area contributed by atoms with E-state index in [1.54, 1.807) is 16.4 Å². The van der Waals surface area contributed by atoms with Crippen molar-refractivity contribution in [1.29, 1.82) is 0 Å². The van der Waals surface area contributed by atoms with Crippen molar-refractivity contribution in [2.75, 3.05) is 0 Å². The van der Waals surface area contributed by atoms with Crippen LogP contribution in [-0.2, 0) is 0 Å². The summed E-state index contributed by atoms with van der Waals surface area (Å²) in [5.74, 6) is 0. The average molecular weight is 202 g/mol. The van der Waals surface area contributed by atoms with E-state index in [0.717, 1.165) is 49.0 Å². The van der Waals surface area contributed by atoms with Crippen molar-refractivity contribution in [3.8, 4) is 0 Å². The molecule has 0 radical (unpaired) electrons. The van der Waals surface area contributed by atoms with Crippen molar-refractivity contribution in [2.45, 2.75) is 47.5 Å².